The third-order valence-corrected chi connectivity index (χ3v) is 5.95. The van der Waals surface area contributed by atoms with Crippen LogP contribution in [0.4, 0.5) is 11.4 Å². The number of aliphatic imine (C=N–C) groups is 1. The third-order valence-electron chi connectivity index (χ3n) is 5.95. The van der Waals surface area contributed by atoms with Gasteiger partial charge in [-0.1, -0.05) is 6.92 Å². The lowest BCUT2D eigenvalue weighted by Crippen LogP contribution is -2.45. The topological polar surface area (TPSA) is 51.1 Å². The summed E-state index contributed by atoms with van der Waals surface area (Å²) in [4.78, 5) is 18.7. The number of anilines is 1. The van der Waals surface area contributed by atoms with E-state index in [1.807, 2.05) is 19.2 Å². The molecular formula is C24H30N2O3. The summed E-state index contributed by atoms with van der Waals surface area (Å²) in [6.45, 7) is 8.75. The zero-order chi connectivity index (χ0) is 21.3. The SMILES string of the molecule is COC(=O)c1ccc(N=Cc2cc3c(cc2OC)N(C)C(C)(C)CC3C)c(C)c1. The van der Waals surface area contributed by atoms with E-state index in [0.717, 1.165) is 29.0 Å². The van der Waals surface area contributed by atoms with Crippen molar-refractivity contribution in [2.24, 2.45) is 4.99 Å². The summed E-state index contributed by atoms with van der Waals surface area (Å²) >= 11 is 0. The van der Waals surface area contributed by atoms with Gasteiger partial charge in [0.2, 0.25) is 0 Å². The number of carbonyl (C=O) groups is 1. The quantitative estimate of drug-likeness (QED) is 0.524. The second kappa shape index (κ2) is 7.90. The largest absolute Gasteiger partial charge is 0.496 e. The summed E-state index contributed by atoms with van der Waals surface area (Å²) < 4.78 is 10.4. The highest BCUT2D eigenvalue weighted by atomic mass is 16.5. The summed E-state index contributed by atoms with van der Waals surface area (Å²) in [6.07, 6.45) is 2.93. The Bertz CT molecular complexity index is 963. The Hall–Kier alpha value is -2.82. The second-order valence-electron chi connectivity index (χ2n) is 8.38. The first-order chi connectivity index (χ1) is 13.7. The Labute approximate surface area is 173 Å². The molecule has 0 radical (unpaired) electrons. The van der Waals surface area contributed by atoms with Crippen molar-refractivity contribution in [1.29, 1.82) is 0 Å². The smallest absolute Gasteiger partial charge is 0.337 e. The van der Waals surface area contributed by atoms with Crippen LogP contribution in [0.3, 0.4) is 0 Å². The van der Waals surface area contributed by atoms with E-state index in [4.69, 9.17) is 9.47 Å². The molecule has 2 aromatic carbocycles. The van der Waals surface area contributed by atoms with Crippen molar-refractivity contribution in [3.05, 3.63) is 52.6 Å². The Morgan fingerprint density at radius 1 is 1.24 bits per heavy atom. The molecule has 1 atom stereocenters. The molecule has 0 amide bonds. The summed E-state index contributed by atoms with van der Waals surface area (Å²) in [5.41, 5.74) is 5.82. The van der Waals surface area contributed by atoms with E-state index in [9.17, 15) is 4.79 Å². The molecular weight excluding hydrogens is 364 g/mol. The Kier molecular flexibility index (Phi) is 5.69. The van der Waals surface area contributed by atoms with Crippen molar-refractivity contribution in [3.8, 4) is 5.75 Å². The van der Waals surface area contributed by atoms with Gasteiger partial charge in [-0.05, 0) is 68.5 Å². The Morgan fingerprint density at radius 3 is 2.59 bits per heavy atom. The van der Waals surface area contributed by atoms with Crippen LogP contribution in [0.15, 0.2) is 35.3 Å². The molecule has 5 nitrogen and oxygen atoms in total. The first-order valence-electron chi connectivity index (χ1n) is 9.86. The van der Waals surface area contributed by atoms with Gasteiger partial charge in [0.25, 0.3) is 0 Å². The summed E-state index contributed by atoms with van der Waals surface area (Å²) in [5, 5.41) is 0. The van der Waals surface area contributed by atoms with Crippen molar-refractivity contribution >= 4 is 23.6 Å². The monoisotopic (exact) mass is 394 g/mol. The number of rotatable bonds is 4. The molecule has 0 N–H and O–H groups in total. The van der Waals surface area contributed by atoms with Gasteiger partial charge in [-0.2, -0.15) is 0 Å². The van der Waals surface area contributed by atoms with Crippen molar-refractivity contribution in [3.63, 3.8) is 0 Å². The van der Waals surface area contributed by atoms with Crippen LogP contribution in [-0.2, 0) is 4.74 Å². The first kappa shape index (κ1) is 20.9. The minimum atomic E-state index is -0.346. The molecule has 0 saturated heterocycles. The molecule has 1 aliphatic rings. The van der Waals surface area contributed by atoms with Crippen LogP contribution in [0.1, 0.15) is 60.2 Å². The molecule has 1 unspecified atom stereocenters. The van der Waals surface area contributed by atoms with E-state index in [2.05, 4.69) is 49.8 Å². The van der Waals surface area contributed by atoms with E-state index in [1.165, 1.54) is 18.4 Å². The zero-order valence-electron chi connectivity index (χ0n) is 18.4. The van der Waals surface area contributed by atoms with Gasteiger partial charge in [-0.15, -0.1) is 0 Å². The highest BCUT2D eigenvalue weighted by Gasteiger charge is 2.34. The number of hydrogen-bond acceptors (Lipinski definition) is 5. The third kappa shape index (κ3) is 4.00. The lowest BCUT2D eigenvalue weighted by Gasteiger charge is -2.45. The molecule has 1 heterocycles. The molecule has 0 aromatic heterocycles. The standard InChI is InChI=1S/C24H30N2O3/c1-15-10-17(23(27)29-7)8-9-20(15)25-14-18-11-19-16(2)13-24(3,4)26(5)21(19)12-22(18)28-6/h8-12,14,16H,13H2,1-7H3. The van der Waals surface area contributed by atoms with Crippen molar-refractivity contribution < 1.29 is 14.3 Å². The average Bonchev–Trinajstić information content (AvgIpc) is 2.69. The number of esters is 1. The van der Waals surface area contributed by atoms with Gasteiger partial charge in [-0.25, -0.2) is 4.79 Å². The predicted molar refractivity (Wildman–Crippen MR) is 118 cm³/mol. The number of benzene rings is 2. The molecule has 154 valence electrons. The van der Waals surface area contributed by atoms with E-state index >= 15 is 0 Å². The molecule has 5 heteroatoms. The van der Waals surface area contributed by atoms with Crippen molar-refractivity contribution in [2.75, 3.05) is 26.2 Å². The number of ether oxygens (including phenoxy) is 2. The van der Waals surface area contributed by atoms with Gasteiger partial charge < -0.3 is 14.4 Å². The highest BCUT2D eigenvalue weighted by Crippen LogP contribution is 2.44. The predicted octanol–water partition coefficient (Wildman–Crippen LogP) is 5.26. The van der Waals surface area contributed by atoms with Crippen LogP contribution < -0.4 is 9.64 Å². The van der Waals surface area contributed by atoms with Gasteiger partial charge in [0, 0.05) is 36.1 Å². The molecule has 29 heavy (non-hydrogen) atoms. The number of hydrogen-bond donors (Lipinski definition) is 0. The Balaban J connectivity index is 1.98. The summed E-state index contributed by atoms with van der Waals surface area (Å²) in [7, 11) is 5.21. The fourth-order valence-corrected chi connectivity index (χ4v) is 4.07. The van der Waals surface area contributed by atoms with Crippen molar-refractivity contribution in [2.45, 2.75) is 45.6 Å². The van der Waals surface area contributed by atoms with Gasteiger partial charge in [0.05, 0.1) is 25.5 Å². The Morgan fingerprint density at radius 2 is 1.97 bits per heavy atom. The van der Waals surface area contributed by atoms with Crippen LogP contribution in [0.5, 0.6) is 5.75 Å². The van der Waals surface area contributed by atoms with Gasteiger partial charge >= 0.3 is 5.97 Å². The lowest BCUT2D eigenvalue weighted by atomic mass is 9.80. The van der Waals surface area contributed by atoms with Gasteiger partial charge in [-0.3, -0.25) is 4.99 Å². The normalized spacial score (nSPS) is 17.9. The van der Waals surface area contributed by atoms with E-state index in [0.29, 0.717) is 11.5 Å². The van der Waals surface area contributed by atoms with E-state index in [1.54, 1.807) is 19.2 Å². The maximum atomic E-state index is 11.7. The number of nitrogens with zero attached hydrogens (tertiary/aromatic N) is 2. The van der Waals surface area contributed by atoms with Crippen LogP contribution in [0, 0.1) is 6.92 Å². The zero-order valence-corrected chi connectivity index (χ0v) is 18.4. The maximum Gasteiger partial charge on any atom is 0.337 e. The lowest BCUT2D eigenvalue weighted by molar-refractivity contribution is 0.0600. The molecule has 0 aliphatic carbocycles. The minimum absolute atomic E-state index is 0.103. The maximum absolute atomic E-state index is 11.7. The highest BCUT2D eigenvalue weighted by molar-refractivity contribution is 5.91. The molecule has 0 spiro atoms. The number of aryl methyl sites for hydroxylation is 1. The van der Waals surface area contributed by atoms with Crippen LogP contribution in [-0.4, -0.2) is 39.0 Å². The van der Waals surface area contributed by atoms with Gasteiger partial charge in [0.15, 0.2) is 0 Å². The van der Waals surface area contributed by atoms with Gasteiger partial charge in [0.1, 0.15) is 5.75 Å². The number of fused-ring (bicyclic) bond motifs is 1. The van der Waals surface area contributed by atoms with Crippen LogP contribution >= 0.6 is 0 Å². The molecule has 0 fully saturated rings. The molecule has 1 aliphatic heterocycles. The summed E-state index contributed by atoms with van der Waals surface area (Å²) in [6, 6.07) is 9.66. The van der Waals surface area contributed by atoms with Crippen LogP contribution in [0.2, 0.25) is 0 Å². The average molecular weight is 395 g/mol. The van der Waals surface area contributed by atoms with Crippen LogP contribution in [0.25, 0.3) is 0 Å². The van der Waals surface area contributed by atoms with Crippen molar-refractivity contribution in [1.82, 2.24) is 0 Å². The molecule has 0 bridgehead atoms. The van der Waals surface area contributed by atoms with E-state index < -0.39 is 0 Å². The first-order valence-corrected chi connectivity index (χ1v) is 9.86. The van der Waals surface area contributed by atoms with E-state index in [-0.39, 0.29) is 11.5 Å². The molecule has 0 saturated carbocycles. The number of methoxy groups -OCH3 is 2. The minimum Gasteiger partial charge on any atom is -0.496 e. The number of carbonyl (C=O) groups excluding carboxylic acids is 1. The second-order valence-corrected chi connectivity index (χ2v) is 8.38. The molecule has 2 aromatic rings. The molecule has 3 rings (SSSR count). The summed E-state index contributed by atoms with van der Waals surface area (Å²) in [5.74, 6) is 0.907. The fraction of sp³-hybridized carbons (Fsp3) is 0.417. The fourth-order valence-electron chi connectivity index (χ4n) is 4.07.